The van der Waals surface area contributed by atoms with E-state index in [0.29, 0.717) is 5.13 Å². The Morgan fingerprint density at radius 3 is 2.48 bits per heavy atom. The fourth-order valence-electron chi connectivity index (χ4n) is 2.29. The Hall–Kier alpha value is -2.49. The molecule has 0 aliphatic rings. The lowest BCUT2D eigenvalue weighted by Crippen LogP contribution is -2.31. The molecule has 0 saturated carbocycles. The minimum absolute atomic E-state index is 0.0300. The van der Waals surface area contributed by atoms with Gasteiger partial charge in [-0.2, -0.15) is 0 Å². The molecule has 1 heterocycles. The van der Waals surface area contributed by atoms with Gasteiger partial charge in [-0.25, -0.2) is 23.3 Å². The maximum Gasteiger partial charge on any atom is 0.321 e. The first-order valence-corrected chi connectivity index (χ1v) is 9.75. The van der Waals surface area contributed by atoms with Crippen molar-refractivity contribution < 1.29 is 13.2 Å². The number of nitrogens with zero attached hydrogens (tertiary/aromatic N) is 1. The number of nitrogens with one attached hydrogen (secondary N) is 2. The van der Waals surface area contributed by atoms with E-state index in [2.05, 4.69) is 15.6 Å². The summed E-state index contributed by atoms with van der Waals surface area (Å²) < 4.78 is 23.5. The topological polar surface area (TPSA) is 114 Å². The van der Waals surface area contributed by atoms with E-state index < -0.39 is 10.0 Å². The van der Waals surface area contributed by atoms with Gasteiger partial charge in [-0.1, -0.05) is 35.6 Å². The van der Waals surface area contributed by atoms with E-state index in [1.807, 2.05) is 24.3 Å². The summed E-state index contributed by atoms with van der Waals surface area (Å²) in [5, 5.41) is 11.1. The lowest BCUT2D eigenvalue weighted by Gasteiger charge is -2.14. The molecule has 130 valence electrons. The van der Waals surface area contributed by atoms with Crippen LogP contribution in [0, 0.1) is 0 Å². The van der Waals surface area contributed by atoms with Crippen molar-refractivity contribution in [1.82, 2.24) is 10.3 Å². The summed E-state index contributed by atoms with van der Waals surface area (Å²) in [5.74, 6) is 0. The van der Waals surface area contributed by atoms with E-state index in [4.69, 9.17) is 5.14 Å². The molecule has 2 amide bonds. The van der Waals surface area contributed by atoms with Gasteiger partial charge in [-0.3, -0.25) is 5.32 Å². The van der Waals surface area contributed by atoms with Crippen molar-refractivity contribution >= 4 is 42.7 Å². The first-order valence-electron chi connectivity index (χ1n) is 7.39. The highest BCUT2D eigenvalue weighted by Gasteiger charge is 2.13. The Bertz CT molecular complexity index is 980. The van der Waals surface area contributed by atoms with Crippen molar-refractivity contribution in [3.63, 3.8) is 0 Å². The van der Waals surface area contributed by atoms with Crippen LogP contribution in [0.2, 0.25) is 0 Å². The van der Waals surface area contributed by atoms with Gasteiger partial charge in [0.15, 0.2) is 5.13 Å². The molecule has 0 aliphatic heterocycles. The van der Waals surface area contributed by atoms with Crippen LogP contribution in [0.4, 0.5) is 9.93 Å². The SMILES string of the molecule is CC(NC(=O)Nc1nc2ccccc2s1)c1ccc(S(N)(=O)=O)cc1. The van der Waals surface area contributed by atoms with Crippen molar-refractivity contribution in [3.05, 3.63) is 54.1 Å². The Morgan fingerprint density at radius 2 is 1.84 bits per heavy atom. The highest BCUT2D eigenvalue weighted by atomic mass is 32.2. The second-order valence-corrected chi connectivity index (χ2v) is 8.01. The van der Waals surface area contributed by atoms with Crippen LogP contribution in [0.15, 0.2) is 53.4 Å². The normalized spacial score (nSPS) is 12.7. The van der Waals surface area contributed by atoms with E-state index in [1.165, 1.54) is 23.5 Å². The molecule has 1 aromatic heterocycles. The zero-order valence-electron chi connectivity index (χ0n) is 13.3. The number of fused-ring (bicyclic) bond motifs is 1. The fraction of sp³-hybridized carbons (Fsp3) is 0.125. The standard InChI is InChI=1S/C16H16N4O3S2/c1-10(11-6-8-12(9-7-11)25(17,22)23)18-15(21)20-16-19-13-4-2-3-5-14(13)24-16/h2-10H,1H3,(H2,17,22,23)(H2,18,19,20,21). The zero-order chi connectivity index (χ0) is 18.0. The molecule has 1 atom stereocenters. The first-order chi connectivity index (χ1) is 11.8. The van der Waals surface area contributed by atoms with Gasteiger partial charge in [-0.05, 0) is 36.8 Å². The van der Waals surface area contributed by atoms with Crippen molar-refractivity contribution in [1.29, 1.82) is 0 Å². The van der Waals surface area contributed by atoms with Crippen LogP contribution in [-0.4, -0.2) is 19.4 Å². The molecule has 1 unspecified atom stereocenters. The Labute approximate surface area is 148 Å². The number of sulfonamides is 1. The van der Waals surface area contributed by atoms with E-state index in [-0.39, 0.29) is 17.0 Å². The number of carbonyl (C=O) groups excluding carboxylic acids is 1. The zero-order valence-corrected chi connectivity index (χ0v) is 14.9. The minimum atomic E-state index is -3.73. The summed E-state index contributed by atoms with van der Waals surface area (Å²) in [4.78, 5) is 16.5. The first kappa shape index (κ1) is 17.3. The largest absolute Gasteiger partial charge is 0.331 e. The van der Waals surface area contributed by atoms with Gasteiger partial charge >= 0.3 is 6.03 Å². The second kappa shape index (κ2) is 6.79. The predicted octanol–water partition coefficient (Wildman–Crippen LogP) is 2.83. The molecule has 9 heteroatoms. The van der Waals surface area contributed by atoms with Crippen LogP contribution >= 0.6 is 11.3 Å². The third-order valence-electron chi connectivity index (χ3n) is 3.57. The lowest BCUT2D eigenvalue weighted by atomic mass is 10.1. The van der Waals surface area contributed by atoms with Gasteiger partial charge in [0.1, 0.15) is 0 Å². The Balaban J connectivity index is 1.65. The average molecular weight is 376 g/mol. The Morgan fingerprint density at radius 1 is 1.16 bits per heavy atom. The number of para-hydroxylation sites is 1. The quantitative estimate of drug-likeness (QED) is 0.649. The molecule has 0 spiro atoms. The highest BCUT2D eigenvalue weighted by molar-refractivity contribution is 7.89. The van der Waals surface area contributed by atoms with E-state index >= 15 is 0 Å². The van der Waals surface area contributed by atoms with Crippen molar-refractivity contribution in [2.24, 2.45) is 5.14 Å². The second-order valence-electron chi connectivity index (χ2n) is 5.42. The molecule has 0 bridgehead atoms. The molecule has 7 nitrogen and oxygen atoms in total. The number of thiazole rings is 1. The summed E-state index contributed by atoms with van der Waals surface area (Å²) in [6.45, 7) is 1.80. The number of hydrogen-bond acceptors (Lipinski definition) is 5. The predicted molar refractivity (Wildman–Crippen MR) is 98.0 cm³/mol. The fourth-order valence-corrected chi connectivity index (χ4v) is 3.66. The molecule has 25 heavy (non-hydrogen) atoms. The molecule has 3 aromatic rings. The number of nitrogens with two attached hydrogens (primary N) is 1. The maximum atomic E-state index is 12.1. The van der Waals surface area contributed by atoms with Gasteiger partial charge < -0.3 is 5.32 Å². The molecule has 0 fully saturated rings. The molecule has 3 rings (SSSR count). The summed E-state index contributed by atoms with van der Waals surface area (Å²) in [7, 11) is -3.73. The van der Waals surface area contributed by atoms with Crippen molar-refractivity contribution in [2.45, 2.75) is 17.9 Å². The van der Waals surface area contributed by atoms with Crippen LogP contribution in [0.3, 0.4) is 0 Å². The molecule has 0 saturated heterocycles. The molecule has 4 N–H and O–H groups in total. The van der Waals surface area contributed by atoms with Gasteiger partial charge in [0.2, 0.25) is 10.0 Å². The van der Waals surface area contributed by atoms with E-state index in [9.17, 15) is 13.2 Å². The number of aromatic nitrogens is 1. The number of urea groups is 1. The van der Waals surface area contributed by atoms with E-state index in [1.54, 1.807) is 19.1 Å². The number of amides is 2. The maximum absolute atomic E-state index is 12.1. The van der Waals surface area contributed by atoms with Crippen LogP contribution in [-0.2, 0) is 10.0 Å². The third-order valence-corrected chi connectivity index (χ3v) is 5.45. The van der Waals surface area contributed by atoms with Crippen LogP contribution in [0.25, 0.3) is 10.2 Å². The molecule has 0 aliphatic carbocycles. The summed E-state index contributed by atoms with van der Waals surface area (Å²) in [6, 6.07) is 13.0. The molecular weight excluding hydrogens is 360 g/mol. The van der Waals surface area contributed by atoms with Gasteiger partial charge in [0.25, 0.3) is 0 Å². The van der Waals surface area contributed by atoms with E-state index in [0.717, 1.165) is 15.8 Å². The van der Waals surface area contributed by atoms with Crippen molar-refractivity contribution in [2.75, 3.05) is 5.32 Å². The Kier molecular flexibility index (Phi) is 4.71. The number of hydrogen-bond donors (Lipinski definition) is 3. The van der Waals surface area contributed by atoms with Crippen molar-refractivity contribution in [3.8, 4) is 0 Å². The molecule has 0 radical (unpaired) electrons. The number of anilines is 1. The van der Waals surface area contributed by atoms with Crippen LogP contribution in [0.5, 0.6) is 0 Å². The van der Waals surface area contributed by atoms with Gasteiger partial charge in [0.05, 0.1) is 21.2 Å². The number of rotatable bonds is 4. The minimum Gasteiger partial charge on any atom is -0.331 e. The average Bonchev–Trinajstić information content (AvgIpc) is 2.96. The van der Waals surface area contributed by atoms with Gasteiger partial charge in [-0.15, -0.1) is 0 Å². The number of carbonyl (C=O) groups is 1. The summed E-state index contributed by atoms with van der Waals surface area (Å²) in [5.41, 5.74) is 1.58. The lowest BCUT2D eigenvalue weighted by molar-refractivity contribution is 0.249. The van der Waals surface area contributed by atoms with Crippen LogP contribution < -0.4 is 15.8 Å². The molecule has 2 aromatic carbocycles. The third kappa shape index (κ3) is 4.13. The van der Waals surface area contributed by atoms with Crippen LogP contribution in [0.1, 0.15) is 18.5 Å². The van der Waals surface area contributed by atoms with Gasteiger partial charge in [0, 0.05) is 0 Å². The molecular formula is C16H16N4O3S2. The highest BCUT2D eigenvalue weighted by Crippen LogP contribution is 2.25. The number of primary sulfonamides is 1. The smallest absolute Gasteiger partial charge is 0.321 e. The monoisotopic (exact) mass is 376 g/mol. The summed E-state index contributed by atoms with van der Waals surface area (Å²) in [6.07, 6.45) is 0. The summed E-state index contributed by atoms with van der Waals surface area (Å²) >= 11 is 1.39. The number of benzene rings is 2.